The summed E-state index contributed by atoms with van der Waals surface area (Å²) in [6, 6.07) is 5.64. The lowest BCUT2D eigenvalue weighted by Gasteiger charge is -2.16. The Balaban J connectivity index is 2.04. The van der Waals surface area contributed by atoms with Crippen molar-refractivity contribution in [2.24, 2.45) is 5.73 Å². The minimum atomic E-state index is -1.13. The average molecular weight is 338 g/mol. The van der Waals surface area contributed by atoms with E-state index < -0.39 is 17.3 Å². The number of nitrogens with two attached hydrogens (primary N) is 1. The summed E-state index contributed by atoms with van der Waals surface area (Å²) in [5.74, 6) is -1.04. The van der Waals surface area contributed by atoms with Gasteiger partial charge in [-0.1, -0.05) is 0 Å². The van der Waals surface area contributed by atoms with Crippen LogP contribution in [0.1, 0.15) is 13.3 Å². The number of ether oxygens (including phenoxy) is 1. The van der Waals surface area contributed by atoms with Crippen LogP contribution in [0, 0.1) is 0 Å². The molecule has 0 aliphatic carbocycles. The number of rotatable bonds is 7. The number of hydrogen-bond acceptors (Lipinski definition) is 6. The zero-order valence-corrected chi connectivity index (χ0v) is 13.4. The molecule has 8 heteroatoms. The lowest BCUT2D eigenvalue weighted by molar-refractivity contribution is -0.138. The molecule has 1 aliphatic heterocycles. The summed E-state index contributed by atoms with van der Waals surface area (Å²) >= 11 is 1.10. The number of carboxylic acids is 1. The predicted molar refractivity (Wildman–Crippen MR) is 86.6 cm³/mol. The summed E-state index contributed by atoms with van der Waals surface area (Å²) in [5, 5.41) is 8.16. The molecule has 1 saturated heterocycles. The molecule has 1 fully saturated rings. The van der Waals surface area contributed by atoms with Gasteiger partial charge in [0, 0.05) is 12.2 Å². The minimum absolute atomic E-state index is 0.0447. The van der Waals surface area contributed by atoms with Crippen molar-refractivity contribution in [2.75, 3.05) is 17.3 Å². The Hall–Kier alpha value is -2.06. The number of thioether (sulfide) groups is 1. The number of carboxylic acid groups (broad SMARTS) is 1. The summed E-state index contributed by atoms with van der Waals surface area (Å²) in [5.41, 5.74) is 5.90. The van der Waals surface area contributed by atoms with Gasteiger partial charge in [-0.05, 0) is 31.2 Å². The van der Waals surface area contributed by atoms with E-state index in [1.54, 1.807) is 24.3 Å². The summed E-state index contributed by atoms with van der Waals surface area (Å²) in [4.78, 5) is 36.3. The monoisotopic (exact) mass is 338 g/mol. The Morgan fingerprint density at radius 2 is 2.09 bits per heavy atom. The molecule has 0 radical (unpaired) electrons. The van der Waals surface area contributed by atoms with Gasteiger partial charge in [0.1, 0.15) is 11.8 Å². The molecule has 0 spiro atoms. The van der Waals surface area contributed by atoms with Crippen LogP contribution in [0.15, 0.2) is 24.3 Å². The summed E-state index contributed by atoms with van der Waals surface area (Å²) in [6.07, 6.45) is 0.0447. The van der Waals surface area contributed by atoms with Crippen LogP contribution in [0.3, 0.4) is 0 Å². The highest BCUT2D eigenvalue weighted by Gasteiger charge is 2.40. The van der Waals surface area contributed by atoms with Gasteiger partial charge in [-0.3, -0.25) is 14.4 Å². The van der Waals surface area contributed by atoms with Crippen LogP contribution in [-0.2, 0) is 14.4 Å². The van der Waals surface area contributed by atoms with Crippen molar-refractivity contribution in [1.82, 2.24) is 0 Å². The van der Waals surface area contributed by atoms with E-state index in [1.165, 1.54) is 0 Å². The van der Waals surface area contributed by atoms with Gasteiger partial charge in [-0.25, -0.2) is 4.90 Å². The van der Waals surface area contributed by atoms with Crippen molar-refractivity contribution in [3.63, 3.8) is 0 Å². The number of benzene rings is 1. The molecule has 2 rings (SSSR count). The Labute approximate surface area is 137 Å². The van der Waals surface area contributed by atoms with Crippen LogP contribution in [0.2, 0.25) is 0 Å². The first-order chi connectivity index (χ1) is 10.9. The van der Waals surface area contributed by atoms with E-state index in [0.29, 0.717) is 18.0 Å². The molecule has 1 aromatic carbocycles. The highest BCUT2D eigenvalue weighted by molar-refractivity contribution is 8.00. The lowest BCUT2D eigenvalue weighted by atomic mass is 10.3. The standard InChI is InChI=1S/C15H18N2O5S/c1-2-22-10-5-3-9(4-6-10)17-13(18)7-12(14(17)19)23-8-11(16)15(20)21/h3-6,11-12H,2,7-8,16H2,1H3,(H,20,21)/t11-,12+/m1/s1. The van der Waals surface area contributed by atoms with E-state index in [9.17, 15) is 14.4 Å². The molecule has 0 aromatic heterocycles. The first-order valence-electron chi connectivity index (χ1n) is 7.13. The van der Waals surface area contributed by atoms with Crippen molar-refractivity contribution < 1.29 is 24.2 Å². The second-order valence-electron chi connectivity index (χ2n) is 4.97. The zero-order chi connectivity index (χ0) is 17.0. The molecule has 1 heterocycles. The van der Waals surface area contributed by atoms with Gasteiger partial charge in [0.05, 0.1) is 17.5 Å². The van der Waals surface area contributed by atoms with Gasteiger partial charge in [0.15, 0.2) is 0 Å². The highest BCUT2D eigenvalue weighted by atomic mass is 32.2. The molecule has 0 unspecified atom stereocenters. The van der Waals surface area contributed by atoms with E-state index >= 15 is 0 Å². The smallest absolute Gasteiger partial charge is 0.321 e. The van der Waals surface area contributed by atoms with Gasteiger partial charge in [0.2, 0.25) is 11.8 Å². The predicted octanol–water partition coefficient (Wildman–Crippen LogP) is 0.862. The van der Waals surface area contributed by atoms with Crippen LogP contribution in [0.25, 0.3) is 0 Å². The average Bonchev–Trinajstić information content (AvgIpc) is 2.80. The normalized spacial score (nSPS) is 19.0. The number of aliphatic carboxylic acids is 1. The fraction of sp³-hybridized carbons (Fsp3) is 0.400. The molecule has 2 amide bonds. The molecular formula is C15H18N2O5S. The maximum absolute atomic E-state index is 12.4. The van der Waals surface area contributed by atoms with Crippen molar-refractivity contribution in [3.8, 4) is 5.75 Å². The van der Waals surface area contributed by atoms with Gasteiger partial charge < -0.3 is 15.6 Å². The van der Waals surface area contributed by atoms with E-state index in [4.69, 9.17) is 15.6 Å². The Morgan fingerprint density at radius 3 is 2.65 bits per heavy atom. The van der Waals surface area contributed by atoms with E-state index in [0.717, 1.165) is 16.7 Å². The third-order valence-electron chi connectivity index (χ3n) is 3.31. The van der Waals surface area contributed by atoms with Gasteiger partial charge >= 0.3 is 5.97 Å². The van der Waals surface area contributed by atoms with Crippen LogP contribution in [-0.4, -0.2) is 46.5 Å². The minimum Gasteiger partial charge on any atom is -0.494 e. The van der Waals surface area contributed by atoms with E-state index in [2.05, 4.69) is 0 Å². The Morgan fingerprint density at radius 1 is 1.43 bits per heavy atom. The van der Waals surface area contributed by atoms with Crippen LogP contribution >= 0.6 is 11.8 Å². The second kappa shape index (κ2) is 7.47. The van der Waals surface area contributed by atoms with Gasteiger partial charge in [-0.2, -0.15) is 0 Å². The van der Waals surface area contributed by atoms with Crippen molar-refractivity contribution in [3.05, 3.63) is 24.3 Å². The first kappa shape index (κ1) is 17.3. The van der Waals surface area contributed by atoms with E-state index in [-0.39, 0.29) is 24.0 Å². The summed E-state index contributed by atoms with van der Waals surface area (Å²) in [6.45, 7) is 2.40. The molecule has 1 aromatic rings. The fourth-order valence-electron chi connectivity index (χ4n) is 2.15. The zero-order valence-electron chi connectivity index (χ0n) is 12.6. The lowest BCUT2D eigenvalue weighted by Crippen LogP contribution is -2.35. The first-order valence-corrected chi connectivity index (χ1v) is 8.18. The van der Waals surface area contributed by atoms with Crippen molar-refractivity contribution in [2.45, 2.75) is 24.6 Å². The van der Waals surface area contributed by atoms with Gasteiger partial charge in [0.25, 0.3) is 0 Å². The maximum Gasteiger partial charge on any atom is 0.321 e. The third kappa shape index (κ3) is 4.02. The Kier molecular flexibility index (Phi) is 5.62. The summed E-state index contributed by atoms with van der Waals surface area (Å²) in [7, 11) is 0. The van der Waals surface area contributed by atoms with Crippen molar-refractivity contribution >= 4 is 35.2 Å². The molecule has 7 nitrogen and oxygen atoms in total. The SMILES string of the molecule is CCOc1ccc(N2C(=O)C[C@H](SC[C@@H](N)C(=O)O)C2=O)cc1. The molecule has 3 N–H and O–H groups in total. The highest BCUT2D eigenvalue weighted by Crippen LogP contribution is 2.30. The largest absolute Gasteiger partial charge is 0.494 e. The second-order valence-corrected chi connectivity index (χ2v) is 6.20. The number of imide groups is 1. The molecule has 124 valence electrons. The molecule has 23 heavy (non-hydrogen) atoms. The van der Waals surface area contributed by atoms with Crippen molar-refractivity contribution in [1.29, 1.82) is 0 Å². The van der Waals surface area contributed by atoms with Gasteiger partial charge in [-0.15, -0.1) is 11.8 Å². The number of carbonyl (C=O) groups excluding carboxylic acids is 2. The van der Waals surface area contributed by atoms with Crippen LogP contribution in [0.4, 0.5) is 5.69 Å². The molecule has 2 atom stereocenters. The Bertz CT molecular complexity index is 604. The number of carbonyl (C=O) groups is 3. The molecule has 1 aliphatic rings. The molecular weight excluding hydrogens is 320 g/mol. The number of nitrogens with zero attached hydrogens (tertiary/aromatic N) is 1. The van der Waals surface area contributed by atoms with Crippen LogP contribution < -0.4 is 15.4 Å². The quantitative estimate of drug-likeness (QED) is 0.710. The van der Waals surface area contributed by atoms with Crippen LogP contribution in [0.5, 0.6) is 5.75 Å². The molecule has 0 saturated carbocycles. The molecule has 0 bridgehead atoms. The fourth-order valence-corrected chi connectivity index (χ4v) is 3.25. The third-order valence-corrected chi connectivity index (χ3v) is 4.63. The van der Waals surface area contributed by atoms with E-state index in [1.807, 2.05) is 6.92 Å². The number of anilines is 1. The number of hydrogen-bond donors (Lipinski definition) is 2. The summed E-state index contributed by atoms with van der Waals surface area (Å²) < 4.78 is 5.32. The topological polar surface area (TPSA) is 110 Å². The maximum atomic E-state index is 12.4. The number of amides is 2.